The Hall–Kier alpha value is -2.22. The zero-order valence-electron chi connectivity index (χ0n) is 13.6. The maximum absolute atomic E-state index is 12.0. The Morgan fingerprint density at radius 2 is 2.00 bits per heavy atom. The second-order valence-electron chi connectivity index (χ2n) is 5.26. The fourth-order valence-electron chi connectivity index (χ4n) is 2.01. The first-order valence-corrected chi connectivity index (χ1v) is 9.08. The molecule has 0 saturated heterocycles. The zero-order valence-corrected chi connectivity index (χ0v) is 16.0. The number of hydrogen-bond acceptors (Lipinski definition) is 5. The predicted molar refractivity (Wildman–Crippen MR) is 102 cm³/mol. The van der Waals surface area contributed by atoms with Crippen LogP contribution in [-0.2, 0) is 11.8 Å². The predicted octanol–water partition coefficient (Wildman–Crippen LogP) is 4.29. The van der Waals surface area contributed by atoms with E-state index in [0.29, 0.717) is 21.5 Å². The Labute approximate surface area is 164 Å². The van der Waals surface area contributed by atoms with Crippen molar-refractivity contribution in [1.82, 2.24) is 14.8 Å². The van der Waals surface area contributed by atoms with Crippen LogP contribution in [0.15, 0.2) is 58.8 Å². The van der Waals surface area contributed by atoms with Gasteiger partial charge in [0, 0.05) is 22.7 Å². The molecule has 3 aromatic rings. The van der Waals surface area contributed by atoms with Crippen LogP contribution in [-0.4, -0.2) is 27.3 Å². The van der Waals surface area contributed by atoms with Gasteiger partial charge in [0.05, 0.1) is 5.02 Å². The average Bonchev–Trinajstić information content (AvgIpc) is 3.01. The van der Waals surface area contributed by atoms with Gasteiger partial charge >= 0.3 is 0 Å². The number of aromatic nitrogens is 3. The van der Waals surface area contributed by atoms with Gasteiger partial charge in [-0.1, -0.05) is 23.2 Å². The minimum absolute atomic E-state index is 0.156. The normalized spacial score (nSPS) is 10.6. The molecule has 1 heterocycles. The molecule has 0 aliphatic rings. The number of hydrogen-bond donors (Lipinski definition) is 1. The lowest BCUT2D eigenvalue weighted by atomic mass is 10.3. The minimum Gasteiger partial charge on any atom is -0.482 e. The molecular formula is C17H14Cl2N4O2S. The van der Waals surface area contributed by atoms with E-state index in [1.54, 1.807) is 24.5 Å². The van der Waals surface area contributed by atoms with Crippen LogP contribution < -0.4 is 10.1 Å². The number of nitrogens with zero attached hydrogens (tertiary/aromatic N) is 3. The lowest BCUT2D eigenvalue weighted by molar-refractivity contribution is -0.118. The van der Waals surface area contributed by atoms with Crippen molar-refractivity contribution in [2.24, 2.45) is 7.05 Å². The highest BCUT2D eigenvalue weighted by atomic mass is 35.5. The summed E-state index contributed by atoms with van der Waals surface area (Å²) in [6.07, 6.45) is 1.64. The lowest BCUT2D eigenvalue weighted by Gasteiger charge is -2.09. The fraction of sp³-hybridized carbons (Fsp3) is 0.118. The molecule has 0 aliphatic carbocycles. The fourth-order valence-corrected chi connectivity index (χ4v) is 3.23. The molecule has 1 amide bonds. The standard InChI is InChI=1S/C17H14Cl2N4O2S/c1-23-10-20-22-17(23)26-13-5-3-12(4-6-13)21-16(24)9-25-15-7-2-11(18)8-14(15)19/h2-8,10H,9H2,1H3,(H,21,24). The molecule has 134 valence electrons. The van der Waals surface area contributed by atoms with E-state index < -0.39 is 0 Å². The van der Waals surface area contributed by atoms with Gasteiger partial charge in [-0.3, -0.25) is 4.79 Å². The first-order chi connectivity index (χ1) is 12.5. The topological polar surface area (TPSA) is 69.0 Å². The third-order valence-corrected chi connectivity index (χ3v) is 4.86. The van der Waals surface area contributed by atoms with Crippen molar-refractivity contribution < 1.29 is 9.53 Å². The monoisotopic (exact) mass is 408 g/mol. The van der Waals surface area contributed by atoms with E-state index in [1.807, 2.05) is 35.9 Å². The maximum atomic E-state index is 12.0. The largest absolute Gasteiger partial charge is 0.482 e. The molecule has 0 bridgehead atoms. The third-order valence-electron chi connectivity index (χ3n) is 3.27. The van der Waals surface area contributed by atoms with Crippen LogP contribution in [0.2, 0.25) is 10.0 Å². The van der Waals surface area contributed by atoms with Gasteiger partial charge in [-0.25, -0.2) is 0 Å². The van der Waals surface area contributed by atoms with E-state index in [2.05, 4.69) is 15.5 Å². The van der Waals surface area contributed by atoms with E-state index in [0.717, 1.165) is 10.1 Å². The summed E-state index contributed by atoms with van der Waals surface area (Å²) in [6.45, 7) is -0.156. The summed E-state index contributed by atoms with van der Waals surface area (Å²) in [5, 5.41) is 12.3. The smallest absolute Gasteiger partial charge is 0.262 e. The zero-order chi connectivity index (χ0) is 18.5. The molecule has 26 heavy (non-hydrogen) atoms. The number of halogens is 2. The van der Waals surface area contributed by atoms with E-state index in [-0.39, 0.29) is 12.5 Å². The molecule has 0 spiro atoms. The first kappa shape index (κ1) is 18.6. The SMILES string of the molecule is Cn1cnnc1Sc1ccc(NC(=O)COc2ccc(Cl)cc2Cl)cc1. The van der Waals surface area contributed by atoms with Crippen LogP contribution in [0.4, 0.5) is 5.69 Å². The molecule has 9 heteroatoms. The van der Waals surface area contributed by atoms with Crippen LogP contribution in [0.1, 0.15) is 0 Å². The Balaban J connectivity index is 1.53. The summed E-state index contributed by atoms with van der Waals surface area (Å²) in [4.78, 5) is 13.0. The number of carbonyl (C=O) groups excluding carboxylic acids is 1. The van der Waals surface area contributed by atoms with Crippen LogP contribution in [0.25, 0.3) is 0 Å². The number of rotatable bonds is 6. The van der Waals surface area contributed by atoms with Crippen LogP contribution in [0.5, 0.6) is 5.75 Å². The second-order valence-corrected chi connectivity index (χ2v) is 7.15. The van der Waals surface area contributed by atoms with Crippen molar-refractivity contribution in [2.45, 2.75) is 10.1 Å². The molecular weight excluding hydrogens is 395 g/mol. The van der Waals surface area contributed by atoms with Gasteiger partial charge in [0.2, 0.25) is 0 Å². The van der Waals surface area contributed by atoms with Crippen LogP contribution >= 0.6 is 35.0 Å². The summed E-state index contributed by atoms with van der Waals surface area (Å²) >= 11 is 13.3. The summed E-state index contributed by atoms with van der Waals surface area (Å²) in [7, 11) is 1.88. The molecule has 0 fully saturated rings. The molecule has 0 saturated carbocycles. The van der Waals surface area contributed by atoms with Gasteiger partial charge in [-0.2, -0.15) is 0 Å². The second kappa shape index (κ2) is 8.44. The highest BCUT2D eigenvalue weighted by molar-refractivity contribution is 7.99. The molecule has 1 N–H and O–H groups in total. The van der Waals surface area contributed by atoms with Gasteiger partial charge < -0.3 is 14.6 Å². The van der Waals surface area contributed by atoms with E-state index in [4.69, 9.17) is 27.9 Å². The van der Waals surface area contributed by atoms with Crippen molar-refractivity contribution in [3.8, 4) is 5.75 Å². The first-order valence-electron chi connectivity index (χ1n) is 7.51. The highest BCUT2D eigenvalue weighted by Gasteiger charge is 2.08. The van der Waals surface area contributed by atoms with Gasteiger partial charge in [0.15, 0.2) is 11.8 Å². The highest BCUT2D eigenvalue weighted by Crippen LogP contribution is 2.28. The number of amides is 1. The van der Waals surface area contributed by atoms with E-state index in [9.17, 15) is 4.79 Å². The van der Waals surface area contributed by atoms with Gasteiger partial charge in [-0.05, 0) is 54.2 Å². The Bertz CT molecular complexity index is 915. The molecule has 0 radical (unpaired) electrons. The minimum atomic E-state index is -0.287. The van der Waals surface area contributed by atoms with E-state index in [1.165, 1.54) is 11.8 Å². The summed E-state index contributed by atoms with van der Waals surface area (Å²) in [5.74, 6) is 0.117. The van der Waals surface area contributed by atoms with Crippen molar-refractivity contribution in [1.29, 1.82) is 0 Å². The number of aryl methyl sites for hydroxylation is 1. The quantitative estimate of drug-likeness (QED) is 0.658. The number of ether oxygens (including phenoxy) is 1. The molecule has 1 aromatic heterocycles. The molecule has 0 atom stereocenters. The lowest BCUT2D eigenvalue weighted by Crippen LogP contribution is -2.20. The third kappa shape index (κ3) is 4.91. The van der Waals surface area contributed by atoms with Crippen LogP contribution in [0.3, 0.4) is 0 Å². The molecule has 0 unspecified atom stereocenters. The summed E-state index contributed by atoms with van der Waals surface area (Å²) in [5.41, 5.74) is 0.670. The molecule has 3 rings (SSSR count). The van der Waals surface area contributed by atoms with Gasteiger partial charge in [0.25, 0.3) is 5.91 Å². The molecule has 6 nitrogen and oxygen atoms in total. The summed E-state index contributed by atoms with van der Waals surface area (Å²) < 4.78 is 7.24. The van der Waals surface area contributed by atoms with Crippen molar-refractivity contribution in [3.05, 3.63) is 58.8 Å². The van der Waals surface area contributed by atoms with Crippen molar-refractivity contribution >= 4 is 46.6 Å². The molecule has 0 aliphatic heterocycles. The Morgan fingerprint density at radius 1 is 1.23 bits per heavy atom. The summed E-state index contributed by atoms with van der Waals surface area (Å²) in [6, 6.07) is 12.2. The number of carbonyl (C=O) groups is 1. The average molecular weight is 409 g/mol. The molecule has 2 aromatic carbocycles. The Morgan fingerprint density at radius 3 is 2.65 bits per heavy atom. The Kier molecular flexibility index (Phi) is 6.03. The van der Waals surface area contributed by atoms with E-state index >= 15 is 0 Å². The van der Waals surface area contributed by atoms with Crippen molar-refractivity contribution in [3.63, 3.8) is 0 Å². The number of nitrogens with one attached hydrogen (secondary N) is 1. The van der Waals surface area contributed by atoms with Gasteiger partial charge in [-0.15, -0.1) is 10.2 Å². The number of benzene rings is 2. The van der Waals surface area contributed by atoms with Gasteiger partial charge in [0.1, 0.15) is 12.1 Å². The number of anilines is 1. The van der Waals surface area contributed by atoms with Crippen molar-refractivity contribution in [2.75, 3.05) is 11.9 Å². The maximum Gasteiger partial charge on any atom is 0.262 e. The van der Waals surface area contributed by atoms with Crippen LogP contribution in [0, 0.1) is 0 Å².